The molecule has 3 heterocycles. The number of aliphatic hydroxyl groups excluding tert-OH is 1. The van der Waals surface area contributed by atoms with Gasteiger partial charge in [0.25, 0.3) is 5.91 Å². The summed E-state index contributed by atoms with van der Waals surface area (Å²) in [6, 6.07) is 11.9. The van der Waals surface area contributed by atoms with Gasteiger partial charge in [-0.3, -0.25) is 19.2 Å². The number of anilines is 1. The molecule has 5 rings (SSSR count). The number of likely N-dealkylation sites (tertiary alicyclic amines) is 1. The summed E-state index contributed by atoms with van der Waals surface area (Å²) in [5.41, 5.74) is -0.612. The van der Waals surface area contributed by atoms with Crippen LogP contribution in [0.5, 0.6) is 0 Å². The summed E-state index contributed by atoms with van der Waals surface area (Å²) in [6.07, 6.45) is 4.47. The predicted octanol–water partition coefficient (Wildman–Crippen LogP) is 4.15. The molecule has 2 bridgehead atoms. The minimum Gasteiger partial charge on any atom is -0.460 e. The van der Waals surface area contributed by atoms with Crippen molar-refractivity contribution < 1.29 is 33.8 Å². The van der Waals surface area contributed by atoms with E-state index in [1.54, 1.807) is 24.0 Å². The van der Waals surface area contributed by atoms with Crippen LogP contribution in [0.25, 0.3) is 10.8 Å². The van der Waals surface area contributed by atoms with Crippen molar-refractivity contribution in [3.05, 3.63) is 67.8 Å². The number of carbonyl (C=O) groups is 4. The fraction of sp³-hybridized carbons (Fsp3) is 0.514. The summed E-state index contributed by atoms with van der Waals surface area (Å²) < 4.78 is 12.4. The highest BCUT2D eigenvalue weighted by Crippen LogP contribution is 2.59. The van der Waals surface area contributed by atoms with E-state index in [9.17, 15) is 24.3 Å². The largest absolute Gasteiger partial charge is 0.460 e. The maximum atomic E-state index is 14.9. The molecule has 3 amide bonds. The minimum atomic E-state index is -1.26. The van der Waals surface area contributed by atoms with Crippen molar-refractivity contribution in [3.8, 4) is 0 Å². The maximum Gasteiger partial charge on any atom is 0.312 e. The van der Waals surface area contributed by atoms with Crippen LogP contribution in [0, 0.1) is 17.8 Å². The number of hydrogen-bond donors (Lipinski definition) is 2. The molecule has 0 unspecified atom stereocenters. The zero-order valence-corrected chi connectivity index (χ0v) is 27.6. The minimum absolute atomic E-state index is 0.125. The van der Waals surface area contributed by atoms with Crippen LogP contribution in [-0.2, 0) is 28.7 Å². The van der Waals surface area contributed by atoms with E-state index in [0.29, 0.717) is 31.4 Å². The molecule has 0 aliphatic carbocycles. The number of carbonyl (C=O) groups excluding carboxylic acids is 4. The Balaban J connectivity index is 1.48. The summed E-state index contributed by atoms with van der Waals surface area (Å²) in [5.74, 6) is -3.48. The molecule has 2 aromatic rings. The van der Waals surface area contributed by atoms with Gasteiger partial charge in [0.1, 0.15) is 17.7 Å². The number of nitrogens with one attached hydrogen (secondary N) is 1. The number of aliphatic hydroxyl groups is 1. The van der Waals surface area contributed by atoms with Crippen LogP contribution in [0.1, 0.15) is 52.9 Å². The van der Waals surface area contributed by atoms with Gasteiger partial charge in [0.05, 0.1) is 37.1 Å². The van der Waals surface area contributed by atoms with Gasteiger partial charge in [0.2, 0.25) is 11.8 Å². The van der Waals surface area contributed by atoms with Crippen molar-refractivity contribution in [2.75, 3.05) is 24.6 Å². The third kappa shape index (κ3) is 6.33. The molecular formula is C37H47N3O7. The van der Waals surface area contributed by atoms with Crippen LogP contribution in [0.15, 0.2) is 67.8 Å². The topological polar surface area (TPSA) is 125 Å². The molecular weight excluding hydrogens is 598 g/mol. The molecule has 0 radical (unpaired) electrons. The lowest BCUT2D eigenvalue weighted by Gasteiger charge is -2.41. The van der Waals surface area contributed by atoms with Gasteiger partial charge in [-0.15, -0.1) is 13.2 Å². The van der Waals surface area contributed by atoms with Gasteiger partial charge >= 0.3 is 5.97 Å². The smallest absolute Gasteiger partial charge is 0.312 e. The van der Waals surface area contributed by atoms with E-state index >= 15 is 0 Å². The van der Waals surface area contributed by atoms with E-state index in [0.717, 1.165) is 10.8 Å². The molecule has 2 aromatic carbocycles. The molecule has 3 aliphatic rings. The number of fused-ring (bicyclic) bond motifs is 2. The van der Waals surface area contributed by atoms with Crippen LogP contribution >= 0.6 is 0 Å². The van der Waals surface area contributed by atoms with Crippen molar-refractivity contribution in [1.29, 1.82) is 0 Å². The molecule has 10 heteroatoms. The molecule has 10 nitrogen and oxygen atoms in total. The van der Waals surface area contributed by atoms with Crippen LogP contribution in [-0.4, -0.2) is 83.3 Å². The molecule has 3 aliphatic heterocycles. The van der Waals surface area contributed by atoms with E-state index in [-0.39, 0.29) is 49.8 Å². The second-order valence-electron chi connectivity index (χ2n) is 13.1. The molecule has 252 valence electrons. The monoisotopic (exact) mass is 645 g/mol. The molecule has 0 aromatic heterocycles. The van der Waals surface area contributed by atoms with Crippen LogP contribution in [0.3, 0.4) is 0 Å². The summed E-state index contributed by atoms with van der Waals surface area (Å²) in [7, 11) is 0. The van der Waals surface area contributed by atoms with Crippen molar-refractivity contribution in [2.24, 2.45) is 17.8 Å². The van der Waals surface area contributed by atoms with Gasteiger partial charge in [-0.2, -0.15) is 0 Å². The molecule has 8 atom stereocenters. The Morgan fingerprint density at radius 2 is 1.91 bits per heavy atom. The summed E-state index contributed by atoms with van der Waals surface area (Å²) in [5, 5.41) is 15.4. The van der Waals surface area contributed by atoms with Crippen molar-refractivity contribution in [2.45, 2.75) is 82.8 Å². The SMILES string of the molecule is C=CCCC(=O)NC[C@@H](C)OC(=O)[C@@H]1[C@H]2C(=O)N([C@@H](CO)[C@@H](C)CC)[C@H](C(=O)N(CC=C)c3ccc4ccccc4c3)[C@]23CC[C@H]1O3. The quantitative estimate of drug-likeness (QED) is 0.220. The summed E-state index contributed by atoms with van der Waals surface area (Å²) in [6.45, 7) is 13.1. The Morgan fingerprint density at radius 3 is 2.60 bits per heavy atom. The number of allylic oxidation sites excluding steroid dienone is 1. The van der Waals surface area contributed by atoms with Crippen LogP contribution < -0.4 is 10.2 Å². The highest BCUT2D eigenvalue weighted by molar-refractivity contribution is 6.05. The molecule has 0 saturated carbocycles. The van der Waals surface area contributed by atoms with Crippen molar-refractivity contribution in [1.82, 2.24) is 10.2 Å². The summed E-state index contributed by atoms with van der Waals surface area (Å²) >= 11 is 0. The molecule has 3 saturated heterocycles. The normalized spacial score (nSPS) is 26.4. The number of rotatable bonds is 15. The van der Waals surface area contributed by atoms with Crippen LogP contribution in [0.4, 0.5) is 5.69 Å². The van der Waals surface area contributed by atoms with Crippen molar-refractivity contribution >= 4 is 40.2 Å². The van der Waals surface area contributed by atoms with Gasteiger partial charge in [-0.25, -0.2) is 0 Å². The third-order valence-corrected chi connectivity index (χ3v) is 10.2. The standard InChI is InChI=1S/C37H47N3O7/c1-6-9-14-30(42)38-21-24(5)46-36(45)31-29-17-18-37(47-29)32(31)34(43)40(28(22-41)23(4)8-3)33(37)35(44)39(19-7-2)27-16-15-25-12-10-11-13-26(25)20-27/h6-7,10-13,15-16,20,23-24,28-29,31-33,41H,1-2,8-9,14,17-19,21-22H2,3-5H3,(H,38,42)/t23-,24+,28-,29+,31-,32-,33+,37-/m0/s1. The average Bonchev–Trinajstić information content (AvgIpc) is 3.72. The first-order valence-electron chi connectivity index (χ1n) is 16.7. The van der Waals surface area contributed by atoms with Gasteiger partial charge in [-0.1, -0.05) is 62.8 Å². The number of benzene rings is 2. The first-order chi connectivity index (χ1) is 22.6. The Bertz CT molecular complexity index is 1530. The Morgan fingerprint density at radius 1 is 1.17 bits per heavy atom. The van der Waals surface area contributed by atoms with E-state index < -0.39 is 47.7 Å². The zero-order valence-electron chi connectivity index (χ0n) is 27.6. The van der Waals surface area contributed by atoms with Gasteiger partial charge in [-0.05, 0) is 55.0 Å². The van der Waals surface area contributed by atoms with Crippen LogP contribution in [0.2, 0.25) is 0 Å². The highest BCUT2D eigenvalue weighted by Gasteiger charge is 2.76. The molecule has 1 spiro atoms. The fourth-order valence-electron chi connectivity index (χ4n) is 7.65. The fourth-order valence-corrected chi connectivity index (χ4v) is 7.65. The van der Waals surface area contributed by atoms with Gasteiger partial charge < -0.3 is 29.7 Å². The number of hydrogen-bond acceptors (Lipinski definition) is 7. The van der Waals surface area contributed by atoms with E-state index in [2.05, 4.69) is 18.5 Å². The Labute approximate surface area is 276 Å². The third-order valence-electron chi connectivity index (χ3n) is 10.2. The van der Waals surface area contributed by atoms with E-state index in [4.69, 9.17) is 9.47 Å². The Hall–Kier alpha value is -4.02. The first kappa shape index (κ1) is 34.3. The number of nitrogens with zero attached hydrogens (tertiary/aromatic N) is 2. The number of amides is 3. The lowest BCUT2D eigenvalue weighted by molar-refractivity contribution is -0.160. The number of esters is 1. The zero-order chi connectivity index (χ0) is 33.9. The molecule has 47 heavy (non-hydrogen) atoms. The molecule has 2 N–H and O–H groups in total. The second-order valence-corrected chi connectivity index (χ2v) is 13.1. The maximum absolute atomic E-state index is 14.9. The van der Waals surface area contributed by atoms with Crippen molar-refractivity contribution in [3.63, 3.8) is 0 Å². The summed E-state index contributed by atoms with van der Waals surface area (Å²) in [4.78, 5) is 58.5. The molecule has 3 fully saturated rings. The highest BCUT2D eigenvalue weighted by atomic mass is 16.6. The Kier molecular flexibility index (Phi) is 10.5. The average molecular weight is 646 g/mol. The van der Waals surface area contributed by atoms with E-state index in [1.165, 1.54) is 4.90 Å². The predicted molar refractivity (Wildman–Crippen MR) is 179 cm³/mol. The first-order valence-corrected chi connectivity index (χ1v) is 16.7. The number of ether oxygens (including phenoxy) is 2. The van der Waals surface area contributed by atoms with Gasteiger partial charge in [0, 0.05) is 18.7 Å². The lowest BCUT2D eigenvalue weighted by Crippen LogP contribution is -2.60. The van der Waals surface area contributed by atoms with Gasteiger partial charge in [0.15, 0.2) is 0 Å². The van der Waals surface area contributed by atoms with E-state index in [1.807, 2.05) is 56.3 Å². The lowest BCUT2D eigenvalue weighted by atomic mass is 9.70. The second kappa shape index (κ2) is 14.4.